The highest BCUT2D eigenvalue weighted by molar-refractivity contribution is 5.93. The fraction of sp³-hybridized carbons (Fsp3) is 0.529. The lowest BCUT2D eigenvalue weighted by molar-refractivity contribution is -0.138. The normalized spacial score (nSPS) is 19.9. The number of benzene rings is 1. The fourth-order valence-electron chi connectivity index (χ4n) is 2.64. The Morgan fingerprint density at radius 3 is 2.71 bits per heavy atom. The van der Waals surface area contributed by atoms with Gasteiger partial charge in [0, 0.05) is 24.7 Å². The summed E-state index contributed by atoms with van der Waals surface area (Å²) in [5, 5.41) is 2.94. The van der Waals surface area contributed by atoms with Gasteiger partial charge in [0.05, 0.1) is 5.92 Å². The van der Waals surface area contributed by atoms with E-state index in [4.69, 9.17) is 0 Å². The van der Waals surface area contributed by atoms with Crippen molar-refractivity contribution in [3.8, 4) is 0 Å². The second-order valence-electron chi connectivity index (χ2n) is 5.79. The van der Waals surface area contributed by atoms with Crippen LogP contribution in [0.25, 0.3) is 0 Å². The van der Waals surface area contributed by atoms with E-state index in [2.05, 4.69) is 5.32 Å². The Morgan fingerprint density at radius 1 is 1.33 bits per heavy atom. The van der Waals surface area contributed by atoms with E-state index in [1.807, 2.05) is 49.1 Å². The molecular weight excluding hydrogens is 264 g/mol. The number of carbonyl (C=O) groups excluding carboxylic acids is 2. The predicted octanol–water partition coefficient (Wildman–Crippen LogP) is 2.91. The van der Waals surface area contributed by atoms with Crippen LogP contribution in [0.5, 0.6) is 0 Å². The number of para-hydroxylation sites is 1. The van der Waals surface area contributed by atoms with Crippen molar-refractivity contribution in [3.63, 3.8) is 0 Å². The van der Waals surface area contributed by atoms with Crippen LogP contribution in [-0.4, -0.2) is 29.8 Å². The first-order valence-electron chi connectivity index (χ1n) is 7.76. The molecule has 4 heteroatoms. The molecule has 0 spiro atoms. The number of hydrogen-bond donors (Lipinski definition) is 1. The van der Waals surface area contributed by atoms with Crippen LogP contribution in [0.3, 0.4) is 0 Å². The summed E-state index contributed by atoms with van der Waals surface area (Å²) >= 11 is 0. The highest BCUT2D eigenvalue weighted by atomic mass is 16.2. The number of amides is 2. The van der Waals surface area contributed by atoms with E-state index in [1.165, 1.54) is 0 Å². The summed E-state index contributed by atoms with van der Waals surface area (Å²) in [4.78, 5) is 26.4. The first kappa shape index (κ1) is 15.5. The molecule has 2 rings (SSSR count). The van der Waals surface area contributed by atoms with E-state index in [-0.39, 0.29) is 23.7 Å². The van der Waals surface area contributed by atoms with Crippen molar-refractivity contribution in [2.24, 2.45) is 11.8 Å². The van der Waals surface area contributed by atoms with Crippen molar-refractivity contribution in [1.82, 2.24) is 4.90 Å². The van der Waals surface area contributed by atoms with Crippen molar-refractivity contribution < 1.29 is 9.59 Å². The lowest BCUT2D eigenvalue weighted by Crippen LogP contribution is -2.45. The maximum absolute atomic E-state index is 12.3. The minimum absolute atomic E-state index is 0.0165. The molecule has 1 aliphatic heterocycles. The van der Waals surface area contributed by atoms with Crippen LogP contribution in [0.2, 0.25) is 0 Å². The zero-order chi connectivity index (χ0) is 15.2. The second-order valence-corrected chi connectivity index (χ2v) is 5.79. The van der Waals surface area contributed by atoms with Crippen LogP contribution in [-0.2, 0) is 9.59 Å². The van der Waals surface area contributed by atoms with Gasteiger partial charge in [0.2, 0.25) is 11.8 Å². The van der Waals surface area contributed by atoms with Gasteiger partial charge in [0.1, 0.15) is 0 Å². The first-order valence-corrected chi connectivity index (χ1v) is 7.76. The maximum atomic E-state index is 12.3. The first-order chi connectivity index (χ1) is 10.1. The quantitative estimate of drug-likeness (QED) is 0.926. The second kappa shape index (κ2) is 7.25. The molecular formula is C17H24N2O2. The van der Waals surface area contributed by atoms with Crippen molar-refractivity contribution >= 4 is 17.5 Å². The van der Waals surface area contributed by atoms with Gasteiger partial charge in [-0.25, -0.2) is 0 Å². The van der Waals surface area contributed by atoms with Gasteiger partial charge >= 0.3 is 0 Å². The Labute approximate surface area is 126 Å². The number of likely N-dealkylation sites (tertiary alicyclic amines) is 1. The van der Waals surface area contributed by atoms with Gasteiger partial charge in [-0.2, -0.15) is 0 Å². The Bertz CT molecular complexity index is 487. The Hall–Kier alpha value is -1.84. The Kier molecular flexibility index (Phi) is 5.37. The van der Waals surface area contributed by atoms with Gasteiger partial charge in [-0.1, -0.05) is 32.0 Å². The van der Waals surface area contributed by atoms with Crippen LogP contribution in [0, 0.1) is 11.8 Å². The van der Waals surface area contributed by atoms with E-state index in [9.17, 15) is 9.59 Å². The zero-order valence-electron chi connectivity index (χ0n) is 12.8. The SMILES string of the molecule is CCC(C)C(=O)N1CCCC(C(=O)Nc2ccccc2)C1. The third-order valence-electron chi connectivity index (χ3n) is 4.18. The summed E-state index contributed by atoms with van der Waals surface area (Å²) in [7, 11) is 0. The summed E-state index contributed by atoms with van der Waals surface area (Å²) in [6.45, 7) is 5.29. The summed E-state index contributed by atoms with van der Waals surface area (Å²) in [6, 6.07) is 9.47. The van der Waals surface area contributed by atoms with E-state index < -0.39 is 0 Å². The third-order valence-corrected chi connectivity index (χ3v) is 4.18. The molecule has 0 radical (unpaired) electrons. The highest BCUT2D eigenvalue weighted by Gasteiger charge is 2.29. The molecule has 2 atom stereocenters. The van der Waals surface area contributed by atoms with Gasteiger partial charge in [0.25, 0.3) is 0 Å². The molecule has 4 nitrogen and oxygen atoms in total. The largest absolute Gasteiger partial charge is 0.342 e. The molecule has 1 aromatic rings. The van der Waals surface area contributed by atoms with E-state index in [0.29, 0.717) is 6.54 Å². The molecule has 0 saturated carbocycles. The molecule has 2 unspecified atom stereocenters. The standard InChI is InChI=1S/C17H24N2O2/c1-3-13(2)17(21)19-11-7-8-14(12-19)16(20)18-15-9-5-4-6-10-15/h4-6,9-10,13-14H,3,7-8,11-12H2,1-2H3,(H,18,20). The van der Waals surface area contributed by atoms with Crippen molar-refractivity contribution in [2.45, 2.75) is 33.1 Å². The molecule has 0 bridgehead atoms. The lowest BCUT2D eigenvalue weighted by atomic mass is 9.95. The number of anilines is 1. The molecule has 1 N–H and O–H groups in total. The topological polar surface area (TPSA) is 49.4 Å². The highest BCUT2D eigenvalue weighted by Crippen LogP contribution is 2.21. The van der Waals surface area contributed by atoms with E-state index >= 15 is 0 Å². The monoisotopic (exact) mass is 288 g/mol. The minimum atomic E-state index is -0.105. The smallest absolute Gasteiger partial charge is 0.229 e. The average molecular weight is 288 g/mol. The summed E-state index contributed by atoms with van der Waals surface area (Å²) in [6.07, 6.45) is 2.59. The summed E-state index contributed by atoms with van der Waals surface area (Å²) in [5.41, 5.74) is 0.813. The van der Waals surface area contributed by atoms with Crippen LogP contribution < -0.4 is 5.32 Å². The minimum Gasteiger partial charge on any atom is -0.342 e. The van der Waals surface area contributed by atoms with E-state index in [0.717, 1.165) is 31.5 Å². The number of nitrogens with zero attached hydrogens (tertiary/aromatic N) is 1. The van der Waals surface area contributed by atoms with Gasteiger partial charge < -0.3 is 10.2 Å². The molecule has 1 aromatic carbocycles. The molecule has 0 aliphatic carbocycles. The molecule has 1 heterocycles. The number of hydrogen-bond acceptors (Lipinski definition) is 2. The van der Waals surface area contributed by atoms with Crippen LogP contribution in [0.15, 0.2) is 30.3 Å². The molecule has 1 saturated heterocycles. The molecule has 2 amide bonds. The summed E-state index contributed by atoms with van der Waals surface area (Å²) < 4.78 is 0. The fourth-order valence-corrected chi connectivity index (χ4v) is 2.64. The van der Waals surface area contributed by atoms with Crippen molar-refractivity contribution in [2.75, 3.05) is 18.4 Å². The molecule has 1 aliphatic rings. The van der Waals surface area contributed by atoms with Gasteiger partial charge in [-0.3, -0.25) is 9.59 Å². The number of piperidine rings is 1. The lowest BCUT2D eigenvalue weighted by Gasteiger charge is -2.33. The van der Waals surface area contributed by atoms with Crippen molar-refractivity contribution in [1.29, 1.82) is 0 Å². The predicted molar refractivity (Wildman–Crippen MR) is 83.8 cm³/mol. The Morgan fingerprint density at radius 2 is 2.05 bits per heavy atom. The van der Waals surface area contributed by atoms with Crippen LogP contribution in [0.4, 0.5) is 5.69 Å². The van der Waals surface area contributed by atoms with Gasteiger partial charge in [-0.15, -0.1) is 0 Å². The summed E-state index contributed by atoms with van der Waals surface area (Å²) in [5.74, 6) is 0.130. The molecule has 21 heavy (non-hydrogen) atoms. The van der Waals surface area contributed by atoms with Crippen molar-refractivity contribution in [3.05, 3.63) is 30.3 Å². The molecule has 114 valence electrons. The Balaban J connectivity index is 1.94. The van der Waals surface area contributed by atoms with Crippen LogP contribution >= 0.6 is 0 Å². The van der Waals surface area contributed by atoms with Crippen LogP contribution in [0.1, 0.15) is 33.1 Å². The number of nitrogens with one attached hydrogen (secondary N) is 1. The molecule has 1 fully saturated rings. The maximum Gasteiger partial charge on any atom is 0.229 e. The third kappa shape index (κ3) is 4.06. The van der Waals surface area contributed by atoms with Gasteiger partial charge in [0.15, 0.2) is 0 Å². The molecule has 0 aromatic heterocycles. The number of carbonyl (C=O) groups is 2. The number of rotatable bonds is 4. The van der Waals surface area contributed by atoms with Gasteiger partial charge in [-0.05, 0) is 31.4 Å². The average Bonchev–Trinajstić information content (AvgIpc) is 2.54. The van der Waals surface area contributed by atoms with E-state index in [1.54, 1.807) is 0 Å². The zero-order valence-corrected chi connectivity index (χ0v) is 12.8.